The molecule has 0 radical (unpaired) electrons. The Morgan fingerprint density at radius 3 is 2.75 bits per heavy atom. The number of aromatic nitrogens is 1. The standard InChI is InChI=1S/C23H33N3O5S/c1-22(2,3)32(29)25-20-17-8-7-16(15-31-19-6-4-5-13-30-19)24-18(17)14-23(20)9-11-26(12-10-23)21(27)28/h7-8,19H,4-6,9-15H2,1-3H3,(H,27,28)/t19-,32?/m1/s1. The zero-order valence-corrected chi connectivity index (χ0v) is 19.9. The largest absolute Gasteiger partial charge is 0.591 e. The first-order valence-electron chi connectivity index (χ1n) is 11.4. The van der Waals surface area contributed by atoms with Gasteiger partial charge in [-0.25, -0.2) is 4.79 Å². The fourth-order valence-electron chi connectivity index (χ4n) is 4.59. The topological polar surface area (TPSA) is 107 Å². The van der Waals surface area contributed by atoms with E-state index in [1.54, 1.807) is 0 Å². The molecule has 3 heterocycles. The van der Waals surface area contributed by atoms with Gasteiger partial charge in [0.25, 0.3) is 0 Å². The molecule has 2 aliphatic heterocycles. The minimum absolute atomic E-state index is 0.170. The van der Waals surface area contributed by atoms with Crippen molar-refractivity contribution >= 4 is 23.2 Å². The molecule has 1 unspecified atom stereocenters. The second kappa shape index (κ2) is 9.29. The Morgan fingerprint density at radius 2 is 2.12 bits per heavy atom. The normalized spacial score (nSPS) is 25.2. The first kappa shape index (κ1) is 23.5. The van der Waals surface area contributed by atoms with Gasteiger partial charge in [0.2, 0.25) is 0 Å². The molecule has 0 aromatic carbocycles. The fraction of sp³-hybridized carbons (Fsp3) is 0.696. The van der Waals surface area contributed by atoms with Crippen LogP contribution in [0.4, 0.5) is 4.79 Å². The van der Waals surface area contributed by atoms with E-state index in [9.17, 15) is 14.5 Å². The first-order chi connectivity index (χ1) is 15.2. The molecule has 2 atom stereocenters. The first-order valence-corrected chi connectivity index (χ1v) is 12.5. The molecule has 8 nitrogen and oxygen atoms in total. The third kappa shape index (κ3) is 4.95. The number of ether oxygens (including phenoxy) is 2. The molecule has 1 N–H and O–H groups in total. The highest BCUT2D eigenvalue weighted by molar-refractivity contribution is 7.91. The van der Waals surface area contributed by atoms with Crippen molar-refractivity contribution in [2.45, 2.75) is 76.9 Å². The number of likely N-dealkylation sites (tertiary alicyclic amines) is 1. The van der Waals surface area contributed by atoms with Crippen LogP contribution in [-0.4, -0.2) is 62.1 Å². The van der Waals surface area contributed by atoms with E-state index in [0.717, 1.165) is 48.5 Å². The lowest BCUT2D eigenvalue weighted by Crippen LogP contribution is -2.45. The Bertz CT molecular complexity index is 871. The highest BCUT2D eigenvalue weighted by Gasteiger charge is 2.48. The van der Waals surface area contributed by atoms with Crippen LogP contribution < -0.4 is 0 Å². The van der Waals surface area contributed by atoms with Gasteiger partial charge in [0.05, 0.1) is 18.0 Å². The summed E-state index contributed by atoms with van der Waals surface area (Å²) in [5, 5.41) is 9.37. The Hall–Kier alpha value is -1.68. The van der Waals surface area contributed by atoms with E-state index in [1.165, 1.54) is 4.90 Å². The highest BCUT2D eigenvalue weighted by atomic mass is 32.2. The smallest absolute Gasteiger partial charge is 0.407 e. The predicted octanol–water partition coefficient (Wildman–Crippen LogP) is 3.69. The lowest BCUT2D eigenvalue weighted by molar-refractivity contribution is -0.169. The molecule has 32 heavy (non-hydrogen) atoms. The van der Waals surface area contributed by atoms with Gasteiger partial charge in [0.1, 0.15) is 21.8 Å². The van der Waals surface area contributed by atoms with Crippen molar-refractivity contribution < 1.29 is 23.9 Å². The molecule has 2 fully saturated rings. The van der Waals surface area contributed by atoms with Gasteiger partial charge in [-0.1, -0.05) is 4.40 Å². The molecular weight excluding hydrogens is 430 g/mol. The molecule has 3 aliphatic rings. The minimum Gasteiger partial charge on any atom is -0.591 e. The number of carbonyl (C=O) groups is 1. The molecule has 1 spiro atoms. The second-order valence-corrected chi connectivity index (χ2v) is 11.8. The number of rotatable bonds is 4. The maximum absolute atomic E-state index is 12.9. The molecule has 176 valence electrons. The molecule has 1 aromatic rings. The van der Waals surface area contributed by atoms with Crippen molar-refractivity contribution in [3.63, 3.8) is 0 Å². The molecule has 1 aromatic heterocycles. The molecule has 1 aliphatic carbocycles. The minimum atomic E-state index is -1.40. The summed E-state index contributed by atoms with van der Waals surface area (Å²) in [5.74, 6) is 0. The molecule has 0 bridgehead atoms. The molecule has 2 saturated heterocycles. The summed E-state index contributed by atoms with van der Waals surface area (Å²) in [7, 11) is 0. The maximum Gasteiger partial charge on any atom is 0.407 e. The van der Waals surface area contributed by atoms with Crippen LogP contribution in [0.25, 0.3) is 0 Å². The molecule has 1 amide bonds. The summed E-state index contributed by atoms with van der Waals surface area (Å²) in [6.07, 6.45) is 4.02. The molecule has 4 rings (SSSR count). The zero-order chi connectivity index (χ0) is 22.9. The van der Waals surface area contributed by atoms with Gasteiger partial charge >= 0.3 is 6.09 Å². The summed E-state index contributed by atoms with van der Waals surface area (Å²) in [4.78, 5) is 17.7. The van der Waals surface area contributed by atoms with Gasteiger partial charge in [-0.05, 0) is 65.0 Å². The summed E-state index contributed by atoms with van der Waals surface area (Å²) in [5.41, 5.74) is 3.21. The Labute approximate surface area is 192 Å². The average Bonchev–Trinajstić information content (AvgIpc) is 3.04. The quantitative estimate of drug-likeness (QED) is 0.683. The van der Waals surface area contributed by atoms with Crippen molar-refractivity contribution in [2.75, 3.05) is 19.7 Å². The lowest BCUT2D eigenvalue weighted by Gasteiger charge is -2.38. The van der Waals surface area contributed by atoms with Gasteiger partial charge in [0, 0.05) is 37.1 Å². The monoisotopic (exact) mass is 463 g/mol. The van der Waals surface area contributed by atoms with E-state index in [0.29, 0.717) is 39.0 Å². The summed E-state index contributed by atoms with van der Waals surface area (Å²) in [6.45, 7) is 7.75. The van der Waals surface area contributed by atoms with Crippen molar-refractivity contribution in [1.29, 1.82) is 0 Å². The maximum atomic E-state index is 12.9. The van der Waals surface area contributed by atoms with Crippen molar-refractivity contribution in [3.05, 3.63) is 29.1 Å². The summed E-state index contributed by atoms with van der Waals surface area (Å²) >= 11 is -1.40. The average molecular weight is 464 g/mol. The van der Waals surface area contributed by atoms with Crippen LogP contribution in [0.3, 0.4) is 0 Å². The third-order valence-electron chi connectivity index (χ3n) is 6.54. The van der Waals surface area contributed by atoms with Crippen molar-refractivity contribution in [1.82, 2.24) is 9.88 Å². The van der Waals surface area contributed by atoms with Gasteiger partial charge in [0.15, 0.2) is 6.29 Å². The number of amides is 1. The number of carboxylic acid groups (broad SMARTS) is 1. The number of pyridine rings is 1. The highest BCUT2D eigenvalue weighted by Crippen LogP contribution is 2.45. The van der Waals surface area contributed by atoms with Gasteiger partial charge in [-0.3, -0.25) is 4.98 Å². The number of hydrogen-bond acceptors (Lipinski definition) is 6. The van der Waals surface area contributed by atoms with E-state index in [4.69, 9.17) is 18.9 Å². The van der Waals surface area contributed by atoms with Crippen LogP contribution in [0.5, 0.6) is 0 Å². The lowest BCUT2D eigenvalue weighted by atomic mass is 9.75. The van der Waals surface area contributed by atoms with Crippen LogP contribution >= 0.6 is 0 Å². The van der Waals surface area contributed by atoms with Crippen LogP contribution in [0.1, 0.15) is 69.8 Å². The number of piperidine rings is 1. The number of hydrogen-bond donors (Lipinski definition) is 1. The SMILES string of the molecule is CC(C)(C)[S+]([O-])N=C1c2ccc(CO[C@@H]3CCCCO3)nc2CC12CCN(C(=O)O)CC2. The summed E-state index contributed by atoms with van der Waals surface area (Å²) < 4.78 is 28.7. The Kier molecular flexibility index (Phi) is 6.81. The van der Waals surface area contributed by atoms with E-state index in [1.807, 2.05) is 32.9 Å². The van der Waals surface area contributed by atoms with Crippen LogP contribution in [0, 0.1) is 5.41 Å². The van der Waals surface area contributed by atoms with Gasteiger partial charge < -0.3 is 24.0 Å². The third-order valence-corrected chi connectivity index (χ3v) is 7.94. The van der Waals surface area contributed by atoms with Crippen LogP contribution in [-0.2, 0) is 33.9 Å². The van der Waals surface area contributed by atoms with Crippen LogP contribution in [0.15, 0.2) is 16.5 Å². The van der Waals surface area contributed by atoms with E-state index in [2.05, 4.69) is 0 Å². The number of fused-ring (bicyclic) bond motifs is 1. The summed E-state index contributed by atoms with van der Waals surface area (Å²) in [6, 6.07) is 3.96. The zero-order valence-electron chi connectivity index (χ0n) is 19.1. The van der Waals surface area contributed by atoms with E-state index >= 15 is 0 Å². The second-order valence-electron chi connectivity index (χ2n) is 9.93. The van der Waals surface area contributed by atoms with Gasteiger partial charge in [-0.15, -0.1) is 0 Å². The fourth-order valence-corrected chi connectivity index (χ4v) is 5.33. The molecule has 9 heteroatoms. The van der Waals surface area contributed by atoms with Crippen molar-refractivity contribution in [3.8, 4) is 0 Å². The Balaban J connectivity index is 1.58. The van der Waals surface area contributed by atoms with Gasteiger partial charge in [-0.2, -0.15) is 0 Å². The van der Waals surface area contributed by atoms with Crippen LogP contribution in [0.2, 0.25) is 0 Å². The molecular formula is C23H33N3O5S. The Morgan fingerprint density at radius 1 is 1.38 bits per heavy atom. The van der Waals surface area contributed by atoms with E-state index in [-0.39, 0.29) is 11.7 Å². The van der Waals surface area contributed by atoms with Crippen molar-refractivity contribution in [2.24, 2.45) is 9.81 Å². The predicted molar refractivity (Wildman–Crippen MR) is 122 cm³/mol. The van der Waals surface area contributed by atoms with E-state index < -0.39 is 22.2 Å². The molecule has 0 saturated carbocycles. The number of nitrogens with zero attached hydrogens (tertiary/aromatic N) is 3.